The van der Waals surface area contributed by atoms with E-state index in [1.54, 1.807) is 48.5 Å². The van der Waals surface area contributed by atoms with Crippen LogP contribution in [0.4, 0.5) is 10.1 Å². The van der Waals surface area contributed by atoms with Crippen molar-refractivity contribution in [2.45, 2.75) is 13.5 Å². The van der Waals surface area contributed by atoms with Crippen LogP contribution in [0.5, 0.6) is 17.2 Å². The van der Waals surface area contributed by atoms with Crippen LogP contribution in [0.15, 0.2) is 65.6 Å². The van der Waals surface area contributed by atoms with E-state index in [4.69, 9.17) is 38.0 Å². The molecule has 1 heterocycles. The normalized spacial score (nSPS) is 14.5. The minimum absolute atomic E-state index is 0.240. The van der Waals surface area contributed by atoms with Gasteiger partial charge >= 0.3 is 0 Å². The summed E-state index contributed by atoms with van der Waals surface area (Å²) < 4.78 is 30.4. The molecule has 0 N–H and O–H groups in total. The molecule has 1 saturated heterocycles. The lowest BCUT2D eigenvalue weighted by molar-refractivity contribution is -0.113. The lowest BCUT2D eigenvalue weighted by Gasteiger charge is -2.15. The van der Waals surface area contributed by atoms with Gasteiger partial charge in [-0.2, -0.15) is 0 Å². The summed E-state index contributed by atoms with van der Waals surface area (Å²) in [5.74, 6) is 1.07. The Bertz CT molecular complexity index is 1300. The van der Waals surface area contributed by atoms with Gasteiger partial charge in [0.05, 0.1) is 29.3 Å². The SMILES string of the molecule is CCOc1cc(/C=C2\SC(=S)N(c3ccc(OC)c(Cl)c3)C2=O)ccc1OCc1ccc(F)cc1. The number of thioether (sulfide) groups is 1. The minimum Gasteiger partial charge on any atom is -0.495 e. The predicted molar refractivity (Wildman–Crippen MR) is 142 cm³/mol. The maximum Gasteiger partial charge on any atom is 0.270 e. The van der Waals surface area contributed by atoms with Crippen molar-refractivity contribution >= 4 is 57.6 Å². The van der Waals surface area contributed by atoms with Gasteiger partial charge in [-0.15, -0.1) is 0 Å². The first-order valence-corrected chi connectivity index (χ1v) is 12.3. The number of hydrogen-bond acceptors (Lipinski definition) is 6. The molecule has 0 atom stereocenters. The van der Waals surface area contributed by atoms with Gasteiger partial charge in [-0.05, 0) is 66.6 Å². The minimum atomic E-state index is -0.298. The second-order valence-corrected chi connectivity index (χ2v) is 9.47. The number of halogens is 2. The highest BCUT2D eigenvalue weighted by Gasteiger charge is 2.33. The van der Waals surface area contributed by atoms with Crippen LogP contribution in [0.3, 0.4) is 0 Å². The Labute approximate surface area is 217 Å². The van der Waals surface area contributed by atoms with Crippen LogP contribution in [0.25, 0.3) is 6.08 Å². The van der Waals surface area contributed by atoms with E-state index in [-0.39, 0.29) is 18.3 Å². The van der Waals surface area contributed by atoms with Crippen molar-refractivity contribution in [2.75, 3.05) is 18.6 Å². The quantitative estimate of drug-likeness (QED) is 0.234. The van der Waals surface area contributed by atoms with E-state index in [1.165, 1.54) is 35.9 Å². The number of hydrogen-bond donors (Lipinski definition) is 0. The first kappa shape index (κ1) is 25.0. The summed E-state index contributed by atoms with van der Waals surface area (Å²) in [6.45, 7) is 2.58. The Morgan fingerprint density at radius 1 is 1.03 bits per heavy atom. The number of carbonyl (C=O) groups is 1. The number of ether oxygens (including phenoxy) is 3. The van der Waals surface area contributed by atoms with E-state index < -0.39 is 0 Å². The Morgan fingerprint density at radius 2 is 1.77 bits per heavy atom. The highest BCUT2D eigenvalue weighted by Crippen LogP contribution is 2.39. The molecule has 3 aromatic carbocycles. The van der Waals surface area contributed by atoms with Gasteiger partial charge in [0.25, 0.3) is 5.91 Å². The van der Waals surface area contributed by atoms with Crippen LogP contribution in [-0.2, 0) is 11.4 Å². The lowest BCUT2D eigenvalue weighted by Crippen LogP contribution is -2.27. The summed E-state index contributed by atoms with van der Waals surface area (Å²) in [5, 5.41) is 0.389. The average molecular weight is 530 g/mol. The molecule has 3 aromatic rings. The molecular weight excluding hydrogens is 509 g/mol. The van der Waals surface area contributed by atoms with Gasteiger partial charge in [0.15, 0.2) is 15.8 Å². The summed E-state index contributed by atoms with van der Waals surface area (Å²) in [6, 6.07) is 16.6. The molecule has 1 amide bonds. The third kappa shape index (κ3) is 5.78. The van der Waals surface area contributed by atoms with Crippen molar-refractivity contribution in [3.05, 3.63) is 87.5 Å². The summed E-state index contributed by atoms with van der Waals surface area (Å²) in [4.78, 5) is 15.1. The fraction of sp³-hybridized carbons (Fsp3) is 0.154. The topological polar surface area (TPSA) is 48.0 Å². The van der Waals surface area contributed by atoms with Crippen molar-refractivity contribution in [3.63, 3.8) is 0 Å². The zero-order chi connectivity index (χ0) is 24.9. The van der Waals surface area contributed by atoms with E-state index in [0.29, 0.717) is 43.8 Å². The number of methoxy groups -OCH3 is 1. The van der Waals surface area contributed by atoms with Crippen LogP contribution >= 0.6 is 35.6 Å². The average Bonchev–Trinajstić information content (AvgIpc) is 3.12. The molecule has 0 unspecified atom stereocenters. The van der Waals surface area contributed by atoms with Gasteiger partial charge in [-0.1, -0.05) is 53.8 Å². The second-order valence-electron chi connectivity index (χ2n) is 7.39. The van der Waals surface area contributed by atoms with Gasteiger partial charge < -0.3 is 14.2 Å². The highest BCUT2D eigenvalue weighted by atomic mass is 35.5. The molecule has 180 valence electrons. The number of benzene rings is 3. The van der Waals surface area contributed by atoms with Crippen molar-refractivity contribution in [1.82, 2.24) is 0 Å². The predicted octanol–water partition coefficient (Wildman–Crippen LogP) is 6.87. The van der Waals surface area contributed by atoms with Gasteiger partial charge in [0.2, 0.25) is 0 Å². The van der Waals surface area contributed by atoms with Crippen LogP contribution in [-0.4, -0.2) is 23.9 Å². The summed E-state index contributed by atoms with van der Waals surface area (Å²) in [6.07, 6.45) is 1.76. The molecule has 1 fully saturated rings. The molecule has 0 aromatic heterocycles. The van der Waals surface area contributed by atoms with Crippen molar-refractivity contribution in [2.24, 2.45) is 0 Å². The zero-order valence-corrected chi connectivity index (χ0v) is 21.3. The molecule has 35 heavy (non-hydrogen) atoms. The fourth-order valence-corrected chi connectivity index (χ4v) is 4.93. The second kappa shape index (κ2) is 11.1. The van der Waals surface area contributed by atoms with Gasteiger partial charge in [0.1, 0.15) is 18.2 Å². The van der Waals surface area contributed by atoms with E-state index >= 15 is 0 Å². The lowest BCUT2D eigenvalue weighted by atomic mass is 10.1. The number of amides is 1. The van der Waals surface area contributed by atoms with Crippen LogP contribution < -0.4 is 19.1 Å². The standard InChI is InChI=1S/C26H21ClFNO4S2/c1-3-32-23-12-17(6-10-22(23)33-15-16-4-7-18(28)8-5-16)13-24-25(30)29(26(34)35-24)19-9-11-21(31-2)20(27)14-19/h4-14H,3,15H2,1-2H3/b24-13-. The Hall–Kier alpha value is -3.07. The van der Waals surface area contributed by atoms with Crippen LogP contribution in [0, 0.1) is 5.82 Å². The monoisotopic (exact) mass is 529 g/mol. The number of nitrogens with zero attached hydrogens (tertiary/aromatic N) is 1. The molecule has 1 aliphatic heterocycles. The Balaban J connectivity index is 1.54. The van der Waals surface area contributed by atoms with Crippen LogP contribution in [0.2, 0.25) is 5.02 Å². The number of rotatable bonds is 8. The van der Waals surface area contributed by atoms with Gasteiger partial charge in [0, 0.05) is 0 Å². The van der Waals surface area contributed by atoms with E-state index in [9.17, 15) is 9.18 Å². The van der Waals surface area contributed by atoms with E-state index in [2.05, 4.69) is 0 Å². The maximum absolute atomic E-state index is 13.1. The molecule has 0 aliphatic carbocycles. The number of anilines is 1. The molecular formula is C26H21ClFNO4S2. The molecule has 0 radical (unpaired) electrons. The molecule has 4 rings (SSSR count). The van der Waals surface area contributed by atoms with Crippen molar-refractivity contribution in [3.8, 4) is 17.2 Å². The summed E-state index contributed by atoms with van der Waals surface area (Å²) >= 11 is 12.9. The Morgan fingerprint density at radius 3 is 2.46 bits per heavy atom. The maximum atomic E-state index is 13.1. The number of carbonyl (C=O) groups excluding carboxylic acids is 1. The van der Waals surface area contributed by atoms with E-state index in [0.717, 1.165) is 11.1 Å². The molecule has 1 aliphatic rings. The molecule has 5 nitrogen and oxygen atoms in total. The van der Waals surface area contributed by atoms with Crippen molar-refractivity contribution in [1.29, 1.82) is 0 Å². The van der Waals surface area contributed by atoms with E-state index in [1.807, 2.05) is 13.0 Å². The van der Waals surface area contributed by atoms with Crippen molar-refractivity contribution < 1.29 is 23.4 Å². The van der Waals surface area contributed by atoms with Gasteiger partial charge in [-0.3, -0.25) is 9.69 Å². The summed E-state index contributed by atoms with van der Waals surface area (Å²) in [5.41, 5.74) is 2.16. The fourth-order valence-electron chi connectivity index (χ4n) is 3.38. The molecule has 0 spiro atoms. The van der Waals surface area contributed by atoms with Crippen LogP contribution in [0.1, 0.15) is 18.1 Å². The smallest absolute Gasteiger partial charge is 0.270 e. The first-order chi connectivity index (χ1) is 16.9. The van der Waals surface area contributed by atoms with Gasteiger partial charge in [-0.25, -0.2) is 4.39 Å². The molecule has 0 saturated carbocycles. The summed E-state index contributed by atoms with van der Waals surface area (Å²) in [7, 11) is 1.53. The third-order valence-corrected chi connectivity index (χ3v) is 6.66. The Kier molecular flexibility index (Phi) is 7.95. The number of thiocarbonyl (C=S) groups is 1. The third-order valence-electron chi connectivity index (χ3n) is 5.06. The molecule has 0 bridgehead atoms. The highest BCUT2D eigenvalue weighted by molar-refractivity contribution is 8.27. The largest absolute Gasteiger partial charge is 0.495 e. The molecule has 9 heteroatoms. The zero-order valence-electron chi connectivity index (χ0n) is 18.9. The first-order valence-electron chi connectivity index (χ1n) is 10.6.